The summed E-state index contributed by atoms with van der Waals surface area (Å²) in [7, 11) is 0. The van der Waals surface area contributed by atoms with Gasteiger partial charge in [0.05, 0.1) is 5.56 Å². The van der Waals surface area contributed by atoms with E-state index in [1.54, 1.807) is 13.0 Å². The molecule has 2 aromatic carbocycles. The van der Waals surface area contributed by atoms with Crippen molar-refractivity contribution in [2.45, 2.75) is 25.6 Å². The predicted molar refractivity (Wildman–Crippen MR) is 70.6 cm³/mol. The Morgan fingerprint density at radius 2 is 1.81 bits per heavy atom. The Hall–Kier alpha value is -2.04. The minimum atomic E-state index is -4.47. The van der Waals surface area contributed by atoms with Crippen LogP contribution in [0.5, 0.6) is 5.75 Å². The monoisotopic (exact) mass is 296 g/mol. The Morgan fingerprint density at radius 3 is 2.48 bits per heavy atom. The third-order valence-electron chi connectivity index (χ3n) is 3.48. The third kappa shape index (κ3) is 2.48. The summed E-state index contributed by atoms with van der Waals surface area (Å²) in [6.45, 7) is 1.78. The maximum atomic E-state index is 13.9. The Kier molecular flexibility index (Phi) is 3.15. The van der Waals surface area contributed by atoms with Crippen molar-refractivity contribution in [3.05, 3.63) is 53.3 Å². The average Bonchev–Trinajstić information content (AvgIpc) is 2.77. The molecule has 2 aromatic rings. The van der Waals surface area contributed by atoms with Crippen LogP contribution in [0.15, 0.2) is 36.4 Å². The van der Waals surface area contributed by atoms with Gasteiger partial charge in [-0.2, -0.15) is 13.2 Å². The zero-order valence-corrected chi connectivity index (χ0v) is 11.2. The van der Waals surface area contributed by atoms with E-state index in [9.17, 15) is 17.6 Å². The molecule has 0 bridgehead atoms. The standard InChI is InChI=1S/C16H12F4O/c1-9-6-10-7-11(16(18,19)20)8-13(15(10)21-9)12-4-2-3-5-14(12)17/h2-5,7-9H,6H2,1H3. The third-order valence-corrected chi connectivity index (χ3v) is 3.48. The molecule has 1 unspecified atom stereocenters. The Labute approximate surface area is 119 Å². The van der Waals surface area contributed by atoms with Crippen molar-refractivity contribution >= 4 is 0 Å². The number of halogens is 4. The van der Waals surface area contributed by atoms with Crippen LogP contribution in [0.1, 0.15) is 18.1 Å². The van der Waals surface area contributed by atoms with Crippen LogP contribution in [0.25, 0.3) is 11.1 Å². The number of benzene rings is 2. The van der Waals surface area contributed by atoms with Crippen molar-refractivity contribution in [2.24, 2.45) is 0 Å². The fraction of sp³-hybridized carbons (Fsp3) is 0.250. The van der Waals surface area contributed by atoms with Crippen LogP contribution >= 0.6 is 0 Å². The van der Waals surface area contributed by atoms with E-state index in [0.29, 0.717) is 17.7 Å². The van der Waals surface area contributed by atoms with Gasteiger partial charge >= 0.3 is 6.18 Å². The van der Waals surface area contributed by atoms with Crippen LogP contribution in [0.4, 0.5) is 17.6 Å². The highest BCUT2D eigenvalue weighted by atomic mass is 19.4. The molecule has 0 aromatic heterocycles. The highest BCUT2D eigenvalue weighted by Gasteiger charge is 2.35. The Morgan fingerprint density at radius 1 is 1.10 bits per heavy atom. The largest absolute Gasteiger partial charge is 0.489 e. The first-order valence-electron chi connectivity index (χ1n) is 6.52. The summed E-state index contributed by atoms with van der Waals surface area (Å²) in [4.78, 5) is 0. The normalized spacial score (nSPS) is 17.5. The van der Waals surface area contributed by atoms with E-state index < -0.39 is 17.6 Å². The summed E-state index contributed by atoms with van der Waals surface area (Å²) < 4.78 is 58.6. The lowest BCUT2D eigenvalue weighted by Gasteiger charge is -2.14. The maximum Gasteiger partial charge on any atom is 0.416 e. The van der Waals surface area contributed by atoms with Gasteiger partial charge < -0.3 is 4.74 Å². The molecule has 1 heterocycles. The van der Waals surface area contributed by atoms with Crippen molar-refractivity contribution in [3.63, 3.8) is 0 Å². The average molecular weight is 296 g/mol. The van der Waals surface area contributed by atoms with Crippen LogP contribution in [0.2, 0.25) is 0 Å². The van der Waals surface area contributed by atoms with Gasteiger partial charge in [0.15, 0.2) is 0 Å². The molecule has 1 nitrogen and oxygen atoms in total. The van der Waals surface area contributed by atoms with Gasteiger partial charge in [-0.3, -0.25) is 0 Å². The van der Waals surface area contributed by atoms with Crippen LogP contribution < -0.4 is 4.74 Å². The van der Waals surface area contributed by atoms with Crippen LogP contribution in [0.3, 0.4) is 0 Å². The second-order valence-corrected chi connectivity index (χ2v) is 5.12. The molecule has 0 radical (unpaired) electrons. The van der Waals surface area contributed by atoms with Crippen molar-refractivity contribution in [1.82, 2.24) is 0 Å². The molecule has 5 heteroatoms. The molecule has 0 N–H and O–H groups in total. The Balaban J connectivity index is 2.25. The van der Waals surface area contributed by atoms with E-state index in [1.807, 2.05) is 0 Å². The number of fused-ring (bicyclic) bond motifs is 1. The van der Waals surface area contributed by atoms with Gasteiger partial charge in [0.1, 0.15) is 17.7 Å². The topological polar surface area (TPSA) is 9.23 Å². The lowest BCUT2D eigenvalue weighted by Crippen LogP contribution is -2.06. The van der Waals surface area contributed by atoms with Gasteiger partial charge in [0.2, 0.25) is 0 Å². The first-order valence-corrected chi connectivity index (χ1v) is 6.52. The molecule has 0 amide bonds. The molecular weight excluding hydrogens is 284 g/mol. The molecule has 0 fully saturated rings. The molecule has 1 aliphatic heterocycles. The molecule has 0 saturated carbocycles. The SMILES string of the molecule is CC1Cc2cc(C(F)(F)F)cc(-c3ccccc3F)c2O1. The predicted octanol–water partition coefficient (Wildman–Crippen LogP) is 4.83. The second kappa shape index (κ2) is 4.76. The highest BCUT2D eigenvalue weighted by molar-refractivity contribution is 5.74. The zero-order chi connectivity index (χ0) is 15.2. The first-order chi connectivity index (χ1) is 9.86. The van der Waals surface area contributed by atoms with E-state index in [0.717, 1.165) is 12.1 Å². The molecule has 0 aliphatic carbocycles. The lowest BCUT2D eigenvalue weighted by molar-refractivity contribution is -0.137. The summed E-state index contributed by atoms with van der Waals surface area (Å²) >= 11 is 0. The van der Waals surface area contributed by atoms with Crippen molar-refractivity contribution in [1.29, 1.82) is 0 Å². The number of hydrogen-bond acceptors (Lipinski definition) is 1. The van der Waals surface area contributed by atoms with Crippen molar-refractivity contribution in [3.8, 4) is 16.9 Å². The number of hydrogen-bond donors (Lipinski definition) is 0. The van der Waals surface area contributed by atoms with Gasteiger partial charge in [-0.25, -0.2) is 4.39 Å². The fourth-order valence-corrected chi connectivity index (χ4v) is 2.58. The zero-order valence-electron chi connectivity index (χ0n) is 11.2. The molecule has 0 saturated heterocycles. The van der Waals surface area contributed by atoms with Crippen molar-refractivity contribution < 1.29 is 22.3 Å². The molecular formula is C16H12F4O. The summed E-state index contributed by atoms with van der Waals surface area (Å²) in [5.41, 5.74) is -0.0380. The minimum Gasteiger partial charge on any atom is -0.489 e. The van der Waals surface area contributed by atoms with E-state index in [2.05, 4.69) is 0 Å². The van der Waals surface area contributed by atoms with Crippen LogP contribution in [-0.2, 0) is 12.6 Å². The van der Waals surface area contributed by atoms with Gasteiger partial charge in [-0.05, 0) is 30.7 Å². The lowest BCUT2D eigenvalue weighted by atomic mass is 9.97. The first kappa shape index (κ1) is 13.9. The second-order valence-electron chi connectivity index (χ2n) is 5.12. The number of ether oxygens (including phenoxy) is 1. The molecule has 3 rings (SSSR count). The van der Waals surface area contributed by atoms with Crippen LogP contribution in [0, 0.1) is 5.82 Å². The molecule has 0 spiro atoms. The molecule has 21 heavy (non-hydrogen) atoms. The van der Waals surface area contributed by atoms with Gasteiger partial charge in [0.25, 0.3) is 0 Å². The Bertz CT molecular complexity index is 691. The smallest absolute Gasteiger partial charge is 0.416 e. The maximum absolute atomic E-state index is 13.9. The minimum absolute atomic E-state index is 0.119. The van der Waals surface area contributed by atoms with Crippen molar-refractivity contribution in [2.75, 3.05) is 0 Å². The van der Waals surface area contributed by atoms with E-state index in [-0.39, 0.29) is 17.2 Å². The highest BCUT2D eigenvalue weighted by Crippen LogP contribution is 2.43. The van der Waals surface area contributed by atoms with E-state index >= 15 is 0 Å². The van der Waals surface area contributed by atoms with Gasteiger partial charge in [-0.15, -0.1) is 0 Å². The summed E-state index contributed by atoms with van der Waals surface area (Å²) in [6.07, 6.45) is -4.30. The van der Waals surface area contributed by atoms with E-state index in [4.69, 9.17) is 4.74 Å². The molecule has 1 aliphatic rings. The van der Waals surface area contributed by atoms with E-state index in [1.165, 1.54) is 18.2 Å². The molecule has 1 atom stereocenters. The summed E-state index contributed by atoms with van der Waals surface area (Å²) in [5, 5.41) is 0. The van der Waals surface area contributed by atoms with Gasteiger partial charge in [-0.1, -0.05) is 18.2 Å². The molecule has 110 valence electrons. The summed E-state index contributed by atoms with van der Waals surface area (Å²) in [6, 6.07) is 7.80. The number of alkyl halides is 3. The summed E-state index contributed by atoms with van der Waals surface area (Å²) in [5.74, 6) is -0.220. The number of rotatable bonds is 1. The van der Waals surface area contributed by atoms with Crippen LogP contribution in [-0.4, -0.2) is 6.10 Å². The quantitative estimate of drug-likeness (QED) is 0.685. The van der Waals surface area contributed by atoms with Gasteiger partial charge in [0, 0.05) is 17.5 Å². The fourth-order valence-electron chi connectivity index (χ4n) is 2.58.